The van der Waals surface area contributed by atoms with Gasteiger partial charge < -0.3 is 9.47 Å². The van der Waals surface area contributed by atoms with E-state index in [0.29, 0.717) is 29.6 Å². The highest BCUT2D eigenvalue weighted by atomic mass is 16.2. The Morgan fingerprint density at radius 2 is 1.68 bits per heavy atom. The summed E-state index contributed by atoms with van der Waals surface area (Å²) in [6, 6.07) is 12.5. The molecular weight excluding hydrogens is 426 g/mol. The normalized spacial score (nSPS) is 15.7. The summed E-state index contributed by atoms with van der Waals surface area (Å²) in [5.41, 5.74) is 6.92. The summed E-state index contributed by atoms with van der Waals surface area (Å²) in [4.78, 5) is 34.0. The third-order valence-electron chi connectivity index (χ3n) is 7.08. The van der Waals surface area contributed by atoms with Crippen molar-refractivity contribution in [1.29, 1.82) is 0 Å². The Labute approximate surface area is 198 Å². The van der Waals surface area contributed by atoms with Crippen LogP contribution in [0.1, 0.15) is 34.7 Å². The molecule has 4 aromatic rings. The first-order chi connectivity index (χ1) is 16.2. The van der Waals surface area contributed by atoms with Gasteiger partial charge in [-0.1, -0.05) is 36.8 Å². The molecule has 1 unspecified atom stereocenters. The monoisotopic (exact) mass is 457 g/mol. The number of imidazole rings is 1. The van der Waals surface area contributed by atoms with E-state index in [1.165, 1.54) is 20.3 Å². The third kappa shape index (κ3) is 3.47. The molecule has 1 aliphatic heterocycles. The van der Waals surface area contributed by atoms with Gasteiger partial charge in [0, 0.05) is 25.8 Å². The van der Waals surface area contributed by atoms with Gasteiger partial charge in [-0.25, -0.2) is 4.79 Å². The van der Waals surface area contributed by atoms with Gasteiger partial charge in [-0.2, -0.15) is 4.98 Å². The number of benzene rings is 2. The zero-order chi connectivity index (χ0) is 24.3. The van der Waals surface area contributed by atoms with Crippen molar-refractivity contribution in [3.05, 3.63) is 85.1 Å². The van der Waals surface area contributed by atoms with Gasteiger partial charge in [0.25, 0.3) is 5.56 Å². The van der Waals surface area contributed by atoms with Gasteiger partial charge in [0.1, 0.15) is 0 Å². The molecule has 0 aliphatic carbocycles. The van der Waals surface area contributed by atoms with Crippen LogP contribution in [0.4, 0.5) is 11.6 Å². The zero-order valence-electron chi connectivity index (χ0n) is 20.7. The first-order valence-corrected chi connectivity index (χ1v) is 11.8. The van der Waals surface area contributed by atoms with Crippen molar-refractivity contribution in [2.24, 2.45) is 13.0 Å². The summed E-state index contributed by atoms with van der Waals surface area (Å²) in [5.74, 6) is 1.03. The number of aromatic nitrogens is 4. The molecule has 34 heavy (non-hydrogen) atoms. The van der Waals surface area contributed by atoms with Gasteiger partial charge in [-0.3, -0.25) is 13.9 Å². The summed E-state index contributed by atoms with van der Waals surface area (Å²) < 4.78 is 4.86. The van der Waals surface area contributed by atoms with E-state index in [2.05, 4.69) is 43.9 Å². The van der Waals surface area contributed by atoms with Crippen LogP contribution < -0.4 is 16.1 Å². The number of hydrogen-bond donors (Lipinski definition) is 0. The number of aryl methyl sites for hydroxylation is 5. The van der Waals surface area contributed by atoms with Crippen LogP contribution >= 0.6 is 0 Å². The van der Waals surface area contributed by atoms with Crippen LogP contribution in [0, 0.1) is 33.6 Å². The van der Waals surface area contributed by atoms with Crippen LogP contribution in [0.15, 0.2) is 46.0 Å². The van der Waals surface area contributed by atoms with E-state index in [1.807, 2.05) is 36.6 Å². The lowest BCUT2D eigenvalue weighted by molar-refractivity contribution is 0.458. The minimum atomic E-state index is -0.348. The Balaban J connectivity index is 1.72. The minimum absolute atomic E-state index is 0.242. The Morgan fingerprint density at radius 1 is 0.941 bits per heavy atom. The second kappa shape index (κ2) is 8.01. The van der Waals surface area contributed by atoms with Crippen molar-refractivity contribution >= 4 is 22.8 Å². The molecule has 7 nitrogen and oxygen atoms in total. The molecule has 0 amide bonds. The maximum absolute atomic E-state index is 13.8. The predicted octanol–water partition coefficient (Wildman–Crippen LogP) is 3.97. The van der Waals surface area contributed by atoms with Gasteiger partial charge in [0.2, 0.25) is 5.95 Å². The van der Waals surface area contributed by atoms with Gasteiger partial charge in [0.05, 0.1) is 6.54 Å². The van der Waals surface area contributed by atoms with E-state index in [1.54, 1.807) is 7.05 Å². The molecule has 0 fully saturated rings. The molecule has 0 radical (unpaired) electrons. The van der Waals surface area contributed by atoms with E-state index in [-0.39, 0.29) is 17.8 Å². The van der Waals surface area contributed by atoms with E-state index in [0.717, 1.165) is 28.9 Å². The fourth-order valence-corrected chi connectivity index (χ4v) is 4.90. The number of hydrogen-bond acceptors (Lipinski definition) is 4. The van der Waals surface area contributed by atoms with E-state index in [4.69, 9.17) is 4.98 Å². The topological polar surface area (TPSA) is 65.1 Å². The first-order valence-electron chi connectivity index (χ1n) is 11.8. The van der Waals surface area contributed by atoms with Crippen LogP contribution in [-0.2, 0) is 20.1 Å². The van der Waals surface area contributed by atoms with Crippen molar-refractivity contribution < 1.29 is 0 Å². The lowest BCUT2D eigenvalue weighted by Crippen LogP contribution is -2.40. The molecule has 3 heterocycles. The maximum Gasteiger partial charge on any atom is 0.332 e. The number of fused-ring (bicyclic) bond motifs is 3. The van der Waals surface area contributed by atoms with Gasteiger partial charge in [0.15, 0.2) is 11.2 Å². The average molecular weight is 458 g/mol. The van der Waals surface area contributed by atoms with E-state index >= 15 is 0 Å². The molecular formula is C27H31N5O2. The highest BCUT2D eigenvalue weighted by Gasteiger charge is 2.30. The summed E-state index contributed by atoms with van der Waals surface area (Å²) >= 11 is 0. The van der Waals surface area contributed by atoms with Crippen LogP contribution in [-0.4, -0.2) is 25.2 Å². The molecule has 7 heteroatoms. The minimum Gasteiger partial charge on any atom is -0.312 e. The summed E-state index contributed by atoms with van der Waals surface area (Å²) in [5, 5.41) is 0. The molecule has 176 valence electrons. The summed E-state index contributed by atoms with van der Waals surface area (Å²) in [6.45, 7) is 12.1. The Kier molecular flexibility index (Phi) is 5.23. The molecule has 5 rings (SSSR count). The van der Waals surface area contributed by atoms with Crippen LogP contribution in [0.2, 0.25) is 0 Å². The summed E-state index contributed by atoms with van der Waals surface area (Å²) in [6.07, 6.45) is 0. The number of rotatable bonds is 3. The summed E-state index contributed by atoms with van der Waals surface area (Å²) in [7, 11) is 1.70. The lowest BCUT2D eigenvalue weighted by Gasteiger charge is -2.33. The van der Waals surface area contributed by atoms with Crippen LogP contribution in [0.5, 0.6) is 0 Å². The Morgan fingerprint density at radius 3 is 2.41 bits per heavy atom. The SMILES string of the molecule is Cc1ccc(C)c(Cn2c(=O)c3c(nc4n3CC(C)CN4c3ccc(C)c(C)c3)n(C)c2=O)c1. The molecule has 2 aromatic heterocycles. The number of nitrogens with zero attached hydrogens (tertiary/aromatic N) is 5. The van der Waals surface area contributed by atoms with Gasteiger partial charge in [-0.05, 0) is 68.0 Å². The molecule has 0 N–H and O–H groups in total. The molecule has 0 saturated carbocycles. The quantitative estimate of drug-likeness (QED) is 0.467. The van der Waals surface area contributed by atoms with Crippen molar-refractivity contribution in [2.75, 3.05) is 11.4 Å². The highest BCUT2D eigenvalue weighted by Crippen LogP contribution is 2.33. The second-order valence-electron chi connectivity index (χ2n) is 9.84. The zero-order valence-corrected chi connectivity index (χ0v) is 20.7. The molecule has 0 saturated heterocycles. The fourth-order valence-electron chi connectivity index (χ4n) is 4.90. The van der Waals surface area contributed by atoms with Gasteiger partial charge in [-0.15, -0.1) is 0 Å². The molecule has 0 spiro atoms. The first kappa shape index (κ1) is 22.2. The van der Waals surface area contributed by atoms with Crippen LogP contribution in [0.25, 0.3) is 11.2 Å². The smallest absolute Gasteiger partial charge is 0.312 e. The fraction of sp³-hybridized carbons (Fsp3) is 0.370. The van der Waals surface area contributed by atoms with Crippen molar-refractivity contribution in [2.45, 2.75) is 47.7 Å². The Hall–Kier alpha value is -3.61. The second-order valence-corrected chi connectivity index (χ2v) is 9.84. The maximum atomic E-state index is 13.8. The van der Waals surface area contributed by atoms with E-state index in [9.17, 15) is 9.59 Å². The Bertz CT molecular complexity index is 1560. The third-order valence-corrected chi connectivity index (χ3v) is 7.08. The number of anilines is 2. The molecule has 1 aliphatic rings. The average Bonchev–Trinajstić information content (AvgIpc) is 3.18. The standard InChI is InChI=1S/C27H31N5O2/c1-16-7-8-19(4)21(11-16)15-32-25(33)23-24(29(6)27(32)34)28-26-30(13-17(2)14-31(23)26)22-10-9-18(3)20(5)12-22/h7-12,17H,13-15H2,1-6H3. The molecule has 2 aromatic carbocycles. The predicted molar refractivity (Wildman–Crippen MR) is 136 cm³/mol. The molecule has 0 bridgehead atoms. The van der Waals surface area contributed by atoms with Crippen LogP contribution in [0.3, 0.4) is 0 Å². The van der Waals surface area contributed by atoms with Crippen molar-refractivity contribution in [3.63, 3.8) is 0 Å². The van der Waals surface area contributed by atoms with E-state index < -0.39 is 0 Å². The van der Waals surface area contributed by atoms with Crippen molar-refractivity contribution in [3.8, 4) is 0 Å². The largest absolute Gasteiger partial charge is 0.332 e. The van der Waals surface area contributed by atoms with Gasteiger partial charge >= 0.3 is 5.69 Å². The molecule has 1 atom stereocenters. The lowest BCUT2D eigenvalue weighted by atomic mass is 10.1. The highest BCUT2D eigenvalue weighted by molar-refractivity contribution is 5.77. The van der Waals surface area contributed by atoms with Crippen molar-refractivity contribution in [1.82, 2.24) is 18.7 Å².